The molecule has 3 N–H and O–H groups in total. The van der Waals surface area contributed by atoms with Crippen LogP contribution in [0.3, 0.4) is 0 Å². The topological polar surface area (TPSA) is 96.7 Å². The van der Waals surface area contributed by atoms with Crippen molar-refractivity contribution in [2.75, 3.05) is 5.32 Å². The molecule has 8 nitrogen and oxygen atoms in total. The number of carbonyl (C=O) groups excluding carboxylic acids is 1. The molecule has 0 spiro atoms. The van der Waals surface area contributed by atoms with Crippen LogP contribution in [0.5, 0.6) is 0 Å². The zero-order valence-corrected chi connectivity index (χ0v) is 16.5. The summed E-state index contributed by atoms with van der Waals surface area (Å²) >= 11 is 0. The van der Waals surface area contributed by atoms with Gasteiger partial charge < -0.3 is 15.6 Å². The second-order valence-corrected chi connectivity index (χ2v) is 6.87. The Balaban J connectivity index is 1.47. The maximum atomic E-state index is 12.6. The smallest absolute Gasteiger partial charge is 0.330 e. The van der Waals surface area contributed by atoms with E-state index in [0.29, 0.717) is 24.5 Å². The molecule has 0 aliphatic carbocycles. The van der Waals surface area contributed by atoms with Crippen molar-refractivity contribution < 1.29 is 4.79 Å². The van der Waals surface area contributed by atoms with E-state index in [0.717, 1.165) is 16.8 Å². The van der Waals surface area contributed by atoms with Crippen LogP contribution in [0.1, 0.15) is 16.8 Å². The van der Waals surface area contributed by atoms with Crippen LogP contribution < -0.4 is 16.3 Å². The van der Waals surface area contributed by atoms with E-state index >= 15 is 0 Å². The number of hydrogen-bond acceptors (Lipinski definition) is 3. The summed E-state index contributed by atoms with van der Waals surface area (Å²) in [5.41, 5.74) is 3.74. The standard InChI is InChI=1S/C22H22N6O2/c1-16-13-24-22(30)28(16)20-10-5-4-9-19(20)26-21(29)23-14-17-7-2-3-8-18(17)15-27-12-6-11-25-27/h2-13H,14-15H2,1H3,(H,24,30)(H2,23,26,29). The zero-order valence-electron chi connectivity index (χ0n) is 16.5. The number of hydrogen-bond donors (Lipinski definition) is 3. The Morgan fingerprint density at radius 2 is 1.83 bits per heavy atom. The van der Waals surface area contributed by atoms with Crippen LogP contribution in [-0.4, -0.2) is 25.4 Å². The van der Waals surface area contributed by atoms with Crippen LogP contribution in [0.15, 0.2) is 78.0 Å². The number of carbonyl (C=O) groups is 1. The van der Waals surface area contributed by atoms with Crippen molar-refractivity contribution in [2.24, 2.45) is 0 Å². The molecule has 8 heteroatoms. The molecule has 2 aromatic carbocycles. The van der Waals surface area contributed by atoms with Crippen LogP contribution in [0.4, 0.5) is 10.5 Å². The SMILES string of the molecule is Cc1c[nH]c(=O)n1-c1ccccc1NC(=O)NCc1ccccc1Cn1cccn1. The van der Waals surface area contributed by atoms with Crippen molar-refractivity contribution in [3.8, 4) is 5.69 Å². The number of aryl methyl sites for hydroxylation is 1. The molecule has 2 amide bonds. The molecule has 0 saturated heterocycles. The third-order valence-electron chi connectivity index (χ3n) is 4.80. The predicted octanol–water partition coefficient (Wildman–Crippen LogP) is 3.04. The molecule has 4 aromatic rings. The third kappa shape index (κ3) is 4.17. The lowest BCUT2D eigenvalue weighted by molar-refractivity contribution is 0.251. The van der Waals surface area contributed by atoms with Gasteiger partial charge in [0, 0.05) is 30.8 Å². The van der Waals surface area contributed by atoms with Crippen molar-refractivity contribution in [1.82, 2.24) is 24.6 Å². The first kappa shape index (κ1) is 19.3. The molecule has 0 fully saturated rings. The van der Waals surface area contributed by atoms with Gasteiger partial charge in [-0.1, -0.05) is 36.4 Å². The number of para-hydroxylation sites is 2. The highest BCUT2D eigenvalue weighted by atomic mass is 16.2. The van der Waals surface area contributed by atoms with Crippen LogP contribution in [0.25, 0.3) is 5.69 Å². The maximum absolute atomic E-state index is 12.6. The minimum atomic E-state index is -0.349. The van der Waals surface area contributed by atoms with Crippen molar-refractivity contribution in [1.29, 1.82) is 0 Å². The number of nitrogens with one attached hydrogen (secondary N) is 3. The normalized spacial score (nSPS) is 10.7. The molecule has 4 rings (SSSR count). The lowest BCUT2D eigenvalue weighted by atomic mass is 10.1. The number of rotatable bonds is 6. The first-order valence-electron chi connectivity index (χ1n) is 9.57. The fourth-order valence-corrected chi connectivity index (χ4v) is 3.32. The van der Waals surface area contributed by atoms with Gasteiger partial charge in [0.15, 0.2) is 0 Å². The van der Waals surface area contributed by atoms with Gasteiger partial charge in [0.05, 0.1) is 17.9 Å². The van der Waals surface area contributed by atoms with Gasteiger partial charge in [0.2, 0.25) is 0 Å². The van der Waals surface area contributed by atoms with Crippen molar-refractivity contribution in [3.63, 3.8) is 0 Å². The number of anilines is 1. The zero-order chi connectivity index (χ0) is 20.9. The molecule has 0 radical (unpaired) electrons. The lowest BCUT2D eigenvalue weighted by Crippen LogP contribution is -2.29. The Morgan fingerprint density at radius 1 is 1.07 bits per heavy atom. The van der Waals surface area contributed by atoms with Crippen LogP contribution >= 0.6 is 0 Å². The average Bonchev–Trinajstić information content (AvgIpc) is 3.37. The van der Waals surface area contributed by atoms with Gasteiger partial charge in [-0.05, 0) is 36.2 Å². The molecule has 0 saturated carbocycles. The van der Waals surface area contributed by atoms with Gasteiger partial charge in [-0.2, -0.15) is 5.10 Å². The monoisotopic (exact) mass is 402 g/mol. The van der Waals surface area contributed by atoms with Crippen molar-refractivity contribution >= 4 is 11.7 Å². The molecular formula is C22H22N6O2. The van der Waals surface area contributed by atoms with Gasteiger partial charge in [-0.15, -0.1) is 0 Å². The second-order valence-electron chi connectivity index (χ2n) is 6.87. The number of H-pyrrole nitrogens is 1. The number of aromatic nitrogens is 4. The van der Waals surface area contributed by atoms with Gasteiger partial charge in [0.25, 0.3) is 0 Å². The molecule has 0 unspecified atom stereocenters. The molecule has 0 atom stereocenters. The molecule has 2 aromatic heterocycles. The summed E-state index contributed by atoms with van der Waals surface area (Å²) in [6.07, 6.45) is 5.28. The Labute approximate surface area is 173 Å². The Bertz CT molecular complexity index is 1210. The molecule has 30 heavy (non-hydrogen) atoms. The summed E-state index contributed by atoms with van der Waals surface area (Å²) in [5.74, 6) is 0. The molecule has 0 aliphatic heterocycles. The third-order valence-corrected chi connectivity index (χ3v) is 4.80. The molecule has 2 heterocycles. The summed E-state index contributed by atoms with van der Waals surface area (Å²) in [7, 11) is 0. The van der Waals surface area contributed by atoms with Crippen LogP contribution in [0, 0.1) is 6.92 Å². The molecule has 0 bridgehead atoms. The van der Waals surface area contributed by atoms with E-state index in [1.807, 2.05) is 60.3 Å². The maximum Gasteiger partial charge on any atom is 0.330 e. The van der Waals surface area contributed by atoms with E-state index in [1.165, 1.54) is 4.57 Å². The van der Waals surface area contributed by atoms with Gasteiger partial charge in [-0.3, -0.25) is 9.25 Å². The molecule has 152 valence electrons. The minimum absolute atomic E-state index is 0.255. The Morgan fingerprint density at radius 3 is 2.57 bits per heavy atom. The highest BCUT2D eigenvalue weighted by Crippen LogP contribution is 2.20. The summed E-state index contributed by atoms with van der Waals surface area (Å²) in [6.45, 7) is 2.82. The fourth-order valence-electron chi connectivity index (χ4n) is 3.32. The lowest BCUT2D eigenvalue weighted by Gasteiger charge is -2.14. The Hall–Kier alpha value is -4.07. The highest BCUT2D eigenvalue weighted by Gasteiger charge is 2.12. The van der Waals surface area contributed by atoms with Gasteiger partial charge in [0.1, 0.15) is 0 Å². The number of aromatic amines is 1. The molecular weight excluding hydrogens is 380 g/mol. The van der Waals surface area contributed by atoms with Crippen molar-refractivity contribution in [3.05, 3.63) is 100 Å². The molecule has 0 aliphatic rings. The summed E-state index contributed by atoms with van der Waals surface area (Å²) < 4.78 is 3.36. The number of imidazole rings is 1. The summed E-state index contributed by atoms with van der Waals surface area (Å²) in [4.78, 5) is 27.4. The first-order valence-corrected chi connectivity index (χ1v) is 9.57. The van der Waals surface area contributed by atoms with Crippen LogP contribution in [-0.2, 0) is 13.1 Å². The van der Waals surface area contributed by atoms with E-state index in [2.05, 4.69) is 20.7 Å². The summed E-state index contributed by atoms with van der Waals surface area (Å²) in [6, 6.07) is 16.6. The van der Waals surface area contributed by atoms with E-state index < -0.39 is 0 Å². The summed E-state index contributed by atoms with van der Waals surface area (Å²) in [5, 5.41) is 9.98. The van der Waals surface area contributed by atoms with Gasteiger partial charge >= 0.3 is 11.7 Å². The Kier molecular flexibility index (Phi) is 5.47. The quantitative estimate of drug-likeness (QED) is 0.462. The van der Waals surface area contributed by atoms with Crippen molar-refractivity contribution in [2.45, 2.75) is 20.0 Å². The number of benzene rings is 2. The van der Waals surface area contributed by atoms with E-state index in [9.17, 15) is 9.59 Å². The van der Waals surface area contributed by atoms with E-state index in [1.54, 1.807) is 24.5 Å². The highest BCUT2D eigenvalue weighted by molar-refractivity contribution is 5.91. The second kappa shape index (κ2) is 8.52. The van der Waals surface area contributed by atoms with Crippen LogP contribution in [0.2, 0.25) is 0 Å². The predicted molar refractivity (Wildman–Crippen MR) is 115 cm³/mol. The van der Waals surface area contributed by atoms with Gasteiger partial charge in [-0.25, -0.2) is 9.59 Å². The number of amides is 2. The van der Waals surface area contributed by atoms with E-state index in [4.69, 9.17) is 0 Å². The fraction of sp³-hybridized carbons (Fsp3) is 0.136. The first-order chi connectivity index (χ1) is 14.6. The van der Waals surface area contributed by atoms with E-state index in [-0.39, 0.29) is 11.7 Å². The number of nitrogens with zero attached hydrogens (tertiary/aromatic N) is 3. The number of urea groups is 1. The minimum Gasteiger partial charge on any atom is -0.334 e. The average molecular weight is 402 g/mol. The largest absolute Gasteiger partial charge is 0.334 e.